The number of amides is 1. The predicted molar refractivity (Wildman–Crippen MR) is 133 cm³/mol. The lowest BCUT2D eigenvalue weighted by Gasteiger charge is -2.26. The van der Waals surface area contributed by atoms with Crippen LogP contribution in [-0.4, -0.2) is 33.1 Å². The lowest BCUT2D eigenvalue weighted by atomic mass is 9.94. The number of ether oxygens (including phenoxy) is 2. The van der Waals surface area contributed by atoms with Gasteiger partial charge in [0.25, 0.3) is 5.56 Å². The van der Waals surface area contributed by atoms with Crippen LogP contribution in [0.4, 0.5) is 4.79 Å². The third-order valence-corrected chi connectivity index (χ3v) is 6.51. The molecule has 1 N–H and O–H groups in total. The fourth-order valence-corrected chi connectivity index (χ4v) is 4.60. The first-order chi connectivity index (χ1) is 16.7. The highest BCUT2D eigenvalue weighted by Gasteiger charge is 2.49. The Morgan fingerprint density at radius 1 is 1.06 bits per heavy atom. The minimum atomic E-state index is -0.585. The van der Waals surface area contributed by atoms with Crippen molar-refractivity contribution in [3.05, 3.63) is 87.6 Å². The molecule has 0 bridgehead atoms. The molecule has 7 heteroatoms. The number of aromatic amines is 1. The number of H-pyrrole nitrogens is 1. The van der Waals surface area contributed by atoms with E-state index < -0.39 is 11.7 Å². The molecule has 3 aromatic rings. The van der Waals surface area contributed by atoms with Crippen LogP contribution in [0.25, 0.3) is 0 Å². The molecule has 1 aliphatic heterocycles. The van der Waals surface area contributed by atoms with Crippen LogP contribution in [0.3, 0.4) is 0 Å². The van der Waals surface area contributed by atoms with E-state index >= 15 is 0 Å². The summed E-state index contributed by atoms with van der Waals surface area (Å²) in [6, 6.07) is 17.7. The Kier molecular flexibility index (Phi) is 5.87. The van der Waals surface area contributed by atoms with Gasteiger partial charge in [-0.25, -0.2) is 9.78 Å². The molecule has 7 nitrogen and oxygen atoms in total. The standard InChI is InChI=1S/C28H31N3O4/c1-27(2,3)35-26(33)31-16-8-13-23-22(18-31)24(32)30-25(29-23)28(14-15-28)19-9-7-12-21(17-19)34-20-10-5-4-6-11-20/h4-7,9-12,17H,8,13-16,18H2,1-3H3,(H,29,30,32). The topological polar surface area (TPSA) is 84.5 Å². The number of rotatable bonds is 4. The van der Waals surface area contributed by atoms with Gasteiger partial charge >= 0.3 is 6.09 Å². The van der Waals surface area contributed by atoms with Crippen molar-refractivity contribution >= 4 is 6.09 Å². The molecule has 182 valence electrons. The molecule has 1 aliphatic carbocycles. The Labute approximate surface area is 205 Å². The van der Waals surface area contributed by atoms with Gasteiger partial charge in [0.05, 0.1) is 23.2 Å². The SMILES string of the molecule is CC(C)(C)OC(=O)N1CCCc2nc(C3(c4cccc(Oc5ccccc5)c4)CC3)[nH]c(=O)c2C1. The van der Waals surface area contributed by atoms with Crippen LogP contribution in [0.5, 0.6) is 11.5 Å². The van der Waals surface area contributed by atoms with Gasteiger partial charge in [-0.2, -0.15) is 0 Å². The van der Waals surface area contributed by atoms with Crippen molar-refractivity contribution < 1.29 is 14.3 Å². The van der Waals surface area contributed by atoms with Crippen LogP contribution in [0.2, 0.25) is 0 Å². The van der Waals surface area contributed by atoms with Crippen molar-refractivity contribution in [3.63, 3.8) is 0 Å². The monoisotopic (exact) mass is 473 g/mol. The quantitative estimate of drug-likeness (QED) is 0.554. The molecule has 35 heavy (non-hydrogen) atoms. The Morgan fingerprint density at radius 2 is 1.80 bits per heavy atom. The fraction of sp³-hybridized carbons (Fsp3) is 0.393. The maximum Gasteiger partial charge on any atom is 0.410 e. The van der Waals surface area contributed by atoms with Crippen molar-refractivity contribution in [2.45, 2.75) is 64.0 Å². The molecular weight excluding hydrogens is 442 g/mol. The summed E-state index contributed by atoms with van der Waals surface area (Å²) in [6.07, 6.45) is 2.80. The number of carbonyl (C=O) groups is 1. The fourth-order valence-electron chi connectivity index (χ4n) is 4.60. The maximum absolute atomic E-state index is 13.2. The number of benzene rings is 2. The van der Waals surface area contributed by atoms with Crippen LogP contribution < -0.4 is 10.3 Å². The van der Waals surface area contributed by atoms with E-state index in [0.717, 1.165) is 42.0 Å². The van der Waals surface area contributed by atoms with E-state index in [2.05, 4.69) is 11.1 Å². The van der Waals surface area contributed by atoms with E-state index in [1.54, 1.807) is 4.90 Å². The summed E-state index contributed by atoms with van der Waals surface area (Å²) in [5.41, 5.74) is 1.33. The second-order valence-electron chi connectivity index (χ2n) is 10.4. The number of para-hydroxylation sites is 1. The van der Waals surface area contributed by atoms with Crippen LogP contribution in [0.15, 0.2) is 59.4 Å². The van der Waals surface area contributed by atoms with E-state index in [1.807, 2.05) is 69.3 Å². The summed E-state index contributed by atoms with van der Waals surface area (Å²) in [7, 11) is 0. The van der Waals surface area contributed by atoms with Crippen LogP contribution in [-0.2, 0) is 23.1 Å². The van der Waals surface area contributed by atoms with Gasteiger partial charge < -0.3 is 19.4 Å². The van der Waals surface area contributed by atoms with Gasteiger partial charge in [-0.05, 0) is 76.3 Å². The van der Waals surface area contributed by atoms with Gasteiger partial charge in [0, 0.05) is 6.54 Å². The van der Waals surface area contributed by atoms with E-state index in [-0.39, 0.29) is 17.5 Å². The van der Waals surface area contributed by atoms with Gasteiger partial charge in [-0.1, -0.05) is 30.3 Å². The van der Waals surface area contributed by atoms with Gasteiger partial charge in [0.2, 0.25) is 0 Å². The Bertz CT molecular complexity index is 1290. The van der Waals surface area contributed by atoms with Crippen molar-refractivity contribution in [3.8, 4) is 11.5 Å². The molecular formula is C28H31N3O4. The van der Waals surface area contributed by atoms with Gasteiger partial charge in [-0.15, -0.1) is 0 Å². The lowest BCUT2D eigenvalue weighted by molar-refractivity contribution is 0.0236. The van der Waals surface area contributed by atoms with Gasteiger partial charge in [-0.3, -0.25) is 4.79 Å². The molecule has 0 atom stereocenters. The zero-order chi connectivity index (χ0) is 24.6. The molecule has 1 amide bonds. The second-order valence-corrected chi connectivity index (χ2v) is 10.4. The predicted octanol–water partition coefficient (Wildman–Crippen LogP) is 5.33. The van der Waals surface area contributed by atoms with E-state index in [9.17, 15) is 9.59 Å². The highest BCUT2D eigenvalue weighted by molar-refractivity contribution is 5.68. The highest BCUT2D eigenvalue weighted by atomic mass is 16.6. The first-order valence-electron chi connectivity index (χ1n) is 12.2. The number of carbonyl (C=O) groups excluding carboxylic acids is 1. The average molecular weight is 474 g/mol. The third-order valence-electron chi connectivity index (χ3n) is 6.51. The molecule has 0 saturated heterocycles. The van der Waals surface area contributed by atoms with Crippen LogP contribution >= 0.6 is 0 Å². The zero-order valence-corrected chi connectivity index (χ0v) is 20.5. The van der Waals surface area contributed by atoms with Crippen molar-refractivity contribution in [1.82, 2.24) is 14.9 Å². The number of hydrogen-bond donors (Lipinski definition) is 1. The molecule has 2 aromatic carbocycles. The maximum atomic E-state index is 13.2. The average Bonchev–Trinajstić information content (AvgIpc) is 3.63. The minimum absolute atomic E-state index is 0.177. The van der Waals surface area contributed by atoms with Crippen molar-refractivity contribution in [1.29, 1.82) is 0 Å². The number of hydrogen-bond acceptors (Lipinski definition) is 5. The summed E-state index contributed by atoms with van der Waals surface area (Å²) in [5.74, 6) is 2.23. The second kappa shape index (κ2) is 8.87. The molecule has 0 radical (unpaired) electrons. The molecule has 5 rings (SSSR count). The largest absolute Gasteiger partial charge is 0.457 e. The van der Waals surface area contributed by atoms with Gasteiger partial charge in [0.1, 0.15) is 22.9 Å². The van der Waals surface area contributed by atoms with E-state index in [4.69, 9.17) is 14.5 Å². The first kappa shape index (κ1) is 23.1. The molecule has 2 aliphatic rings. The number of aryl methyl sites for hydroxylation is 1. The molecule has 0 unspecified atom stereocenters. The summed E-state index contributed by atoms with van der Waals surface area (Å²) in [6.45, 7) is 6.26. The zero-order valence-electron chi connectivity index (χ0n) is 20.5. The Hall–Kier alpha value is -3.61. The summed E-state index contributed by atoms with van der Waals surface area (Å²) in [4.78, 5) is 35.4. The number of nitrogens with zero attached hydrogens (tertiary/aromatic N) is 2. The first-order valence-corrected chi connectivity index (χ1v) is 12.2. The minimum Gasteiger partial charge on any atom is -0.457 e. The highest BCUT2D eigenvalue weighted by Crippen LogP contribution is 2.52. The normalized spacial score (nSPS) is 16.7. The molecule has 0 spiro atoms. The summed E-state index contributed by atoms with van der Waals surface area (Å²) in [5, 5.41) is 0. The summed E-state index contributed by atoms with van der Waals surface area (Å²) < 4.78 is 11.6. The number of fused-ring (bicyclic) bond motifs is 1. The van der Waals surface area contributed by atoms with E-state index in [1.165, 1.54) is 0 Å². The third kappa shape index (κ3) is 4.94. The van der Waals surface area contributed by atoms with Crippen molar-refractivity contribution in [2.75, 3.05) is 6.54 Å². The van der Waals surface area contributed by atoms with E-state index in [0.29, 0.717) is 24.4 Å². The molecule has 1 saturated carbocycles. The van der Waals surface area contributed by atoms with Crippen molar-refractivity contribution in [2.24, 2.45) is 0 Å². The molecule has 2 heterocycles. The number of nitrogens with one attached hydrogen (secondary N) is 1. The van der Waals surface area contributed by atoms with Crippen LogP contribution in [0, 0.1) is 0 Å². The Balaban J connectivity index is 1.42. The smallest absolute Gasteiger partial charge is 0.410 e. The molecule has 1 aromatic heterocycles. The Morgan fingerprint density at radius 3 is 2.51 bits per heavy atom. The molecule has 1 fully saturated rings. The lowest BCUT2D eigenvalue weighted by Crippen LogP contribution is -2.37. The number of aromatic nitrogens is 2. The summed E-state index contributed by atoms with van der Waals surface area (Å²) >= 11 is 0. The van der Waals surface area contributed by atoms with Crippen LogP contribution in [0.1, 0.15) is 62.7 Å². The van der Waals surface area contributed by atoms with Gasteiger partial charge in [0.15, 0.2) is 0 Å².